The summed E-state index contributed by atoms with van der Waals surface area (Å²) in [5.41, 5.74) is -1.16. The average molecular weight is 620 g/mol. The van der Waals surface area contributed by atoms with Crippen molar-refractivity contribution in [1.29, 1.82) is 0 Å². The Kier molecular flexibility index (Phi) is 11.5. The summed E-state index contributed by atoms with van der Waals surface area (Å²) >= 11 is 3.51. The largest absolute Gasteiger partial charge is 0.459 e. The van der Waals surface area contributed by atoms with Gasteiger partial charge >= 0.3 is 5.97 Å². The van der Waals surface area contributed by atoms with E-state index in [0.29, 0.717) is 11.1 Å². The summed E-state index contributed by atoms with van der Waals surface area (Å²) in [5, 5.41) is 34.1. The minimum absolute atomic E-state index is 0.0165. The molecule has 0 fully saturated rings. The normalized spacial score (nSPS) is 35.7. The quantitative estimate of drug-likeness (QED) is 0.377. The number of ether oxygens (including phenoxy) is 3. The van der Waals surface area contributed by atoms with E-state index < -0.39 is 47.5 Å². The number of hydrogen-bond acceptors (Lipinski definition) is 7. The van der Waals surface area contributed by atoms with E-state index in [0.717, 1.165) is 11.1 Å². The molecule has 1 heterocycles. The van der Waals surface area contributed by atoms with Gasteiger partial charge in [-0.3, -0.25) is 4.79 Å². The summed E-state index contributed by atoms with van der Waals surface area (Å²) in [7, 11) is 0. The fourth-order valence-electron chi connectivity index (χ4n) is 4.77. The highest BCUT2D eigenvalue weighted by molar-refractivity contribution is 9.11. The van der Waals surface area contributed by atoms with Crippen LogP contribution in [0.4, 0.5) is 0 Å². The topological polar surface area (TPSA) is 105 Å². The van der Waals surface area contributed by atoms with Gasteiger partial charge < -0.3 is 29.5 Å². The van der Waals surface area contributed by atoms with Crippen molar-refractivity contribution in [2.45, 2.75) is 96.3 Å². The van der Waals surface area contributed by atoms with Crippen LogP contribution in [0.5, 0.6) is 0 Å². The highest BCUT2D eigenvalue weighted by atomic mass is 79.9. The van der Waals surface area contributed by atoms with Crippen LogP contribution in [0.2, 0.25) is 0 Å². The van der Waals surface area contributed by atoms with E-state index in [1.807, 2.05) is 67.6 Å². The van der Waals surface area contributed by atoms with Gasteiger partial charge in [0.2, 0.25) is 0 Å². The average Bonchev–Trinajstić information content (AvgIpc) is 2.92. The molecule has 1 aliphatic heterocycles. The van der Waals surface area contributed by atoms with Crippen LogP contribution in [0, 0.1) is 11.8 Å². The monoisotopic (exact) mass is 618 g/mol. The molecule has 40 heavy (non-hydrogen) atoms. The van der Waals surface area contributed by atoms with Crippen LogP contribution in [-0.4, -0.2) is 56.9 Å². The fraction of sp³-hybridized carbons (Fsp3) is 0.531. The molecule has 220 valence electrons. The van der Waals surface area contributed by atoms with E-state index >= 15 is 0 Å². The molecule has 3 N–H and O–H groups in total. The van der Waals surface area contributed by atoms with Crippen molar-refractivity contribution in [1.82, 2.24) is 0 Å². The van der Waals surface area contributed by atoms with Crippen LogP contribution in [0.15, 0.2) is 71.2 Å². The molecule has 3 rings (SSSR count). The lowest BCUT2D eigenvalue weighted by Gasteiger charge is -2.38. The van der Waals surface area contributed by atoms with Crippen molar-refractivity contribution in [2.75, 3.05) is 0 Å². The summed E-state index contributed by atoms with van der Waals surface area (Å²) in [5.74, 6) is -1.59. The summed E-state index contributed by atoms with van der Waals surface area (Å²) in [6.07, 6.45) is -1.39. The number of carbonyl (C=O) groups excluding carboxylic acids is 1. The van der Waals surface area contributed by atoms with Crippen LogP contribution in [0.25, 0.3) is 0 Å². The van der Waals surface area contributed by atoms with Gasteiger partial charge in [0, 0.05) is 10.9 Å². The standard InChI is InChI=1S/C32H43BrO7/c1-21-18-31(4,36)29(34)17-27(39-20-25-14-10-7-11-15-25)22(2)30(35)40-23(3)32(5,37)28(33)16-26(21)38-19-24-12-8-6-9-13-24/h6-16,21-23,26-27,29,34,36-37H,17-20H2,1-5H3/b28-16-/t21-,22+,23+,26+,27+,29?,31-,32?/m0/s1. The lowest BCUT2D eigenvalue weighted by molar-refractivity contribution is -0.171. The molecule has 0 saturated heterocycles. The minimum Gasteiger partial charge on any atom is -0.459 e. The van der Waals surface area contributed by atoms with Gasteiger partial charge in [-0.2, -0.15) is 0 Å². The van der Waals surface area contributed by atoms with Gasteiger partial charge in [0.1, 0.15) is 11.7 Å². The Labute approximate surface area is 246 Å². The molecule has 8 heteroatoms. The van der Waals surface area contributed by atoms with Crippen molar-refractivity contribution < 1.29 is 34.3 Å². The second kappa shape index (κ2) is 14.2. The molecule has 0 aliphatic carbocycles. The molecule has 0 saturated carbocycles. The van der Waals surface area contributed by atoms with Crippen molar-refractivity contribution in [3.05, 3.63) is 82.3 Å². The van der Waals surface area contributed by atoms with Crippen molar-refractivity contribution >= 4 is 21.9 Å². The predicted octanol–water partition coefficient (Wildman–Crippen LogP) is 5.30. The number of carbonyl (C=O) groups is 1. The molecule has 0 amide bonds. The number of esters is 1. The first-order valence-corrected chi connectivity index (χ1v) is 14.6. The first-order chi connectivity index (χ1) is 18.8. The van der Waals surface area contributed by atoms with E-state index in [2.05, 4.69) is 15.9 Å². The molecular weight excluding hydrogens is 576 g/mol. The van der Waals surface area contributed by atoms with Crippen molar-refractivity contribution in [3.8, 4) is 0 Å². The number of cyclic esters (lactones) is 1. The number of hydrogen-bond donors (Lipinski definition) is 3. The number of benzene rings is 2. The number of aliphatic hydroxyl groups is 3. The Morgan fingerprint density at radius 2 is 1.45 bits per heavy atom. The summed E-state index contributed by atoms with van der Waals surface area (Å²) in [4.78, 5) is 13.2. The Balaban J connectivity index is 1.92. The number of rotatable bonds is 6. The fourth-order valence-corrected chi connectivity index (χ4v) is 5.35. The second-order valence-corrected chi connectivity index (χ2v) is 12.3. The van der Waals surface area contributed by atoms with E-state index in [1.165, 1.54) is 0 Å². The molecule has 2 aromatic carbocycles. The van der Waals surface area contributed by atoms with Gasteiger partial charge in [-0.25, -0.2) is 0 Å². The maximum absolute atomic E-state index is 13.2. The van der Waals surface area contributed by atoms with Gasteiger partial charge in [0.05, 0.1) is 43.0 Å². The van der Waals surface area contributed by atoms with Crippen LogP contribution in [-0.2, 0) is 32.2 Å². The van der Waals surface area contributed by atoms with Crippen LogP contribution in [0.1, 0.15) is 58.6 Å². The first-order valence-electron chi connectivity index (χ1n) is 13.8. The maximum Gasteiger partial charge on any atom is 0.311 e. The summed E-state index contributed by atoms with van der Waals surface area (Å²) < 4.78 is 18.5. The van der Waals surface area contributed by atoms with Crippen LogP contribution < -0.4 is 0 Å². The van der Waals surface area contributed by atoms with E-state index in [4.69, 9.17) is 14.2 Å². The van der Waals surface area contributed by atoms with Crippen molar-refractivity contribution in [3.63, 3.8) is 0 Å². The van der Waals surface area contributed by atoms with Crippen LogP contribution in [0.3, 0.4) is 0 Å². The van der Waals surface area contributed by atoms with Gasteiger partial charge in [-0.05, 0) is 57.2 Å². The SMILES string of the molecule is C[C@H]1C[C@](C)(O)C(O)C[C@@H](OCc2ccccc2)[C@@H](C)C(=O)O[C@H](C)C(C)(O)/C(Br)=C/[C@H]1OCc1ccccc1. The second-order valence-electron chi connectivity index (χ2n) is 11.4. The van der Waals surface area contributed by atoms with E-state index in [1.54, 1.807) is 33.8 Å². The Morgan fingerprint density at radius 1 is 0.925 bits per heavy atom. The third-order valence-corrected chi connectivity index (χ3v) is 8.94. The molecule has 1 aliphatic rings. The molecule has 0 spiro atoms. The molecule has 2 aromatic rings. The first kappa shape index (κ1) is 32.4. The molecule has 0 aromatic heterocycles. The lowest BCUT2D eigenvalue weighted by Crippen LogP contribution is -2.48. The maximum atomic E-state index is 13.2. The van der Waals surface area contributed by atoms with Gasteiger partial charge in [0.15, 0.2) is 0 Å². The Hall–Kier alpha value is -2.07. The zero-order valence-corrected chi connectivity index (χ0v) is 25.6. The summed E-state index contributed by atoms with van der Waals surface area (Å²) in [6.45, 7) is 8.95. The number of aliphatic hydroxyl groups excluding tert-OH is 1. The third-order valence-electron chi connectivity index (χ3n) is 7.87. The molecule has 2 unspecified atom stereocenters. The third kappa shape index (κ3) is 8.71. The van der Waals surface area contributed by atoms with Crippen molar-refractivity contribution in [2.24, 2.45) is 11.8 Å². The highest BCUT2D eigenvalue weighted by Gasteiger charge is 2.42. The molecule has 7 nitrogen and oxygen atoms in total. The molecular formula is C32H43BrO7. The smallest absolute Gasteiger partial charge is 0.311 e. The Bertz CT molecular complexity index is 1100. The molecule has 8 atom stereocenters. The van der Waals surface area contributed by atoms with E-state index in [-0.39, 0.29) is 25.4 Å². The minimum atomic E-state index is -1.55. The lowest BCUT2D eigenvalue weighted by atomic mass is 9.82. The molecule has 0 bridgehead atoms. The van der Waals surface area contributed by atoms with Gasteiger partial charge in [-0.15, -0.1) is 0 Å². The zero-order valence-electron chi connectivity index (χ0n) is 24.0. The summed E-state index contributed by atoms with van der Waals surface area (Å²) in [6, 6.07) is 19.2. The molecule has 0 radical (unpaired) electrons. The highest BCUT2D eigenvalue weighted by Crippen LogP contribution is 2.34. The Morgan fingerprint density at radius 3 is 2.00 bits per heavy atom. The van der Waals surface area contributed by atoms with Gasteiger partial charge in [-0.1, -0.05) is 83.5 Å². The van der Waals surface area contributed by atoms with Gasteiger partial charge in [0.25, 0.3) is 0 Å². The zero-order chi connectivity index (χ0) is 29.5. The van der Waals surface area contributed by atoms with Crippen LogP contribution >= 0.6 is 15.9 Å². The number of halogens is 1. The predicted molar refractivity (Wildman–Crippen MR) is 157 cm³/mol. The van der Waals surface area contributed by atoms with E-state index in [9.17, 15) is 20.1 Å².